The zero-order chi connectivity index (χ0) is 24.3. The molecule has 0 bridgehead atoms. The lowest BCUT2D eigenvalue weighted by atomic mass is 9.96. The van der Waals surface area contributed by atoms with Crippen LogP contribution < -0.4 is 20.3 Å². The number of anilines is 2. The number of rotatable bonds is 6. The Bertz CT molecular complexity index is 1190. The highest BCUT2D eigenvalue weighted by Crippen LogP contribution is 2.32. The van der Waals surface area contributed by atoms with Crippen LogP contribution in [0.25, 0.3) is 11.3 Å². The van der Waals surface area contributed by atoms with Gasteiger partial charge in [0.05, 0.1) is 24.4 Å². The molecular formula is C26H30N4O4. The molecule has 0 unspecified atom stereocenters. The Kier molecular flexibility index (Phi) is 6.58. The summed E-state index contributed by atoms with van der Waals surface area (Å²) in [6, 6.07) is 11.5. The van der Waals surface area contributed by atoms with Crippen LogP contribution in [0.5, 0.6) is 5.75 Å². The lowest BCUT2D eigenvalue weighted by Gasteiger charge is -2.38. The van der Waals surface area contributed by atoms with E-state index in [2.05, 4.69) is 45.6 Å². The van der Waals surface area contributed by atoms with Crippen molar-refractivity contribution in [3.05, 3.63) is 60.1 Å². The minimum Gasteiger partial charge on any atom is -0.496 e. The van der Waals surface area contributed by atoms with Crippen molar-refractivity contribution in [3.8, 4) is 17.1 Å². The van der Waals surface area contributed by atoms with Crippen molar-refractivity contribution in [1.82, 2.24) is 10.3 Å². The molecule has 8 heteroatoms. The van der Waals surface area contributed by atoms with Crippen LogP contribution in [0.4, 0.5) is 11.4 Å². The van der Waals surface area contributed by atoms with E-state index in [9.17, 15) is 9.59 Å². The molecular weight excluding hydrogens is 432 g/mol. The summed E-state index contributed by atoms with van der Waals surface area (Å²) in [5.41, 5.74) is 4.30. The second kappa shape index (κ2) is 9.59. The number of hydrogen-bond acceptors (Lipinski definition) is 6. The number of benzene rings is 2. The summed E-state index contributed by atoms with van der Waals surface area (Å²) >= 11 is 0. The summed E-state index contributed by atoms with van der Waals surface area (Å²) in [6.45, 7) is 7.46. The van der Waals surface area contributed by atoms with Gasteiger partial charge in [0.2, 0.25) is 0 Å². The molecule has 8 nitrogen and oxygen atoms in total. The largest absolute Gasteiger partial charge is 0.496 e. The molecule has 2 heterocycles. The quantitative estimate of drug-likeness (QED) is 0.539. The van der Waals surface area contributed by atoms with Crippen LogP contribution in [0, 0.1) is 6.92 Å². The number of oxazole rings is 1. The maximum atomic E-state index is 12.7. The number of hydrogen-bond donors (Lipinski definition) is 2. The SMILES string of the molecule is COc1cc(NC(=O)C(=O)NC(C)(C)CN2CCCc3cc(C)ccc32)ccc1-c1cnco1. The Morgan fingerprint density at radius 1 is 1.18 bits per heavy atom. The summed E-state index contributed by atoms with van der Waals surface area (Å²) < 4.78 is 10.7. The van der Waals surface area contributed by atoms with Gasteiger partial charge < -0.3 is 24.7 Å². The number of ether oxygens (including phenoxy) is 1. The molecule has 34 heavy (non-hydrogen) atoms. The standard InChI is InChI=1S/C26H30N4O4/c1-17-7-10-21-18(12-17)6-5-11-30(21)15-26(2,3)29-25(32)24(31)28-19-8-9-20(22(13-19)33-4)23-14-27-16-34-23/h7-10,12-14,16H,5-6,11,15H2,1-4H3,(H,28,31)(H,29,32). The van der Waals surface area contributed by atoms with Gasteiger partial charge in [0.1, 0.15) is 5.75 Å². The smallest absolute Gasteiger partial charge is 0.313 e. The molecule has 2 amide bonds. The van der Waals surface area contributed by atoms with Crippen LogP contribution in [0.3, 0.4) is 0 Å². The summed E-state index contributed by atoms with van der Waals surface area (Å²) in [5, 5.41) is 5.53. The number of methoxy groups -OCH3 is 1. The van der Waals surface area contributed by atoms with E-state index in [-0.39, 0.29) is 0 Å². The molecule has 178 valence electrons. The third kappa shape index (κ3) is 5.22. The average Bonchev–Trinajstić information content (AvgIpc) is 3.33. The molecule has 3 aromatic rings. The highest BCUT2D eigenvalue weighted by atomic mass is 16.5. The summed E-state index contributed by atoms with van der Waals surface area (Å²) in [6.07, 6.45) is 5.03. The number of aryl methyl sites for hydroxylation is 2. The highest BCUT2D eigenvalue weighted by Gasteiger charge is 2.29. The first-order chi connectivity index (χ1) is 16.3. The fourth-order valence-corrected chi connectivity index (χ4v) is 4.36. The number of amides is 2. The lowest BCUT2D eigenvalue weighted by molar-refractivity contribution is -0.137. The van der Waals surface area contributed by atoms with Gasteiger partial charge in [-0.3, -0.25) is 9.59 Å². The van der Waals surface area contributed by atoms with Crippen molar-refractivity contribution in [2.24, 2.45) is 0 Å². The second-order valence-corrected chi connectivity index (χ2v) is 9.23. The van der Waals surface area contributed by atoms with Crippen LogP contribution in [-0.2, 0) is 16.0 Å². The normalized spacial score (nSPS) is 13.2. The van der Waals surface area contributed by atoms with Crippen molar-refractivity contribution in [1.29, 1.82) is 0 Å². The number of aromatic nitrogens is 1. The Labute approximate surface area is 199 Å². The van der Waals surface area contributed by atoms with Gasteiger partial charge in [-0.2, -0.15) is 0 Å². The molecule has 0 fully saturated rings. The van der Waals surface area contributed by atoms with Gasteiger partial charge in [-0.1, -0.05) is 17.7 Å². The number of nitrogens with zero attached hydrogens (tertiary/aromatic N) is 2. The first kappa shape index (κ1) is 23.4. The van der Waals surface area contributed by atoms with Gasteiger partial charge in [-0.05, 0) is 57.4 Å². The first-order valence-electron chi connectivity index (χ1n) is 11.3. The number of carbonyl (C=O) groups is 2. The van der Waals surface area contributed by atoms with Gasteiger partial charge in [-0.15, -0.1) is 0 Å². The van der Waals surface area contributed by atoms with E-state index < -0.39 is 17.4 Å². The van der Waals surface area contributed by atoms with Gasteiger partial charge in [0.25, 0.3) is 0 Å². The molecule has 1 aromatic heterocycles. The second-order valence-electron chi connectivity index (χ2n) is 9.23. The molecule has 0 saturated heterocycles. The van der Waals surface area contributed by atoms with Crippen LogP contribution in [-0.4, -0.2) is 42.5 Å². The fraction of sp³-hybridized carbons (Fsp3) is 0.346. The number of nitrogens with one attached hydrogen (secondary N) is 2. The van der Waals surface area contributed by atoms with Crippen molar-refractivity contribution >= 4 is 23.2 Å². The minimum atomic E-state index is -0.739. The van der Waals surface area contributed by atoms with E-state index in [1.165, 1.54) is 30.3 Å². The minimum absolute atomic E-state index is 0.443. The zero-order valence-electron chi connectivity index (χ0n) is 20.0. The predicted molar refractivity (Wildman–Crippen MR) is 131 cm³/mol. The van der Waals surface area contributed by atoms with Crippen LogP contribution in [0.1, 0.15) is 31.4 Å². The van der Waals surface area contributed by atoms with Gasteiger partial charge in [0.15, 0.2) is 12.2 Å². The van der Waals surface area contributed by atoms with E-state index in [4.69, 9.17) is 9.15 Å². The van der Waals surface area contributed by atoms with E-state index >= 15 is 0 Å². The Morgan fingerprint density at radius 3 is 2.74 bits per heavy atom. The molecule has 1 aliphatic rings. The maximum Gasteiger partial charge on any atom is 0.313 e. The Balaban J connectivity index is 1.40. The van der Waals surface area contributed by atoms with Crippen molar-refractivity contribution in [3.63, 3.8) is 0 Å². The summed E-state index contributed by atoms with van der Waals surface area (Å²) in [4.78, 5) is 31.5. The van der Waals surface area contributed by atoms with Crippen molar-refractivity contribution in [2.75, 3.05) is 30.4 Å². The molecule has 0 aliphatic carbocycles. The van der Waals surface area contributed by atoms with Gasteiger partial charge in [-0.25, -0.2) is 4.98 Å². The molecule has 0 saturated carbocycles. The molecule has 0 atom stereocenters. The van der Waals surface area contributed by atoms with E-state index in [1.807, 2.05) is 13.8 Å². The monoisotopic (exact) mass is 462 g/mol. The molecule has 0 spiro atoms. The summed E-state index contributed by atoms with van der Waals surface area (Å²) in [5.74, 6) is -0.389. The average molecular weight is 463 g/mol. The first-order valence-corrected chi connectivity index (χ1v) is 11.3. The predicted octanol–water partition coefficient (Wildman–Crippen LogP) is 3.94. The topological polar surface area (TPSA) is 96.7 Å². The number of carbonyl (C=O) groups excluding carboxylic acids is 2. The van der Waals surface area contributed by atoms with Crippen molar-refractivity contribution < 1.29 is 18.7 Å². The number of fused-ring (bicyclic) bond motifs is 1. The van der Waals surface area contributed by atoms with Crippen LogP contribution >= 0.6 is 0 Å². The molecule has 1 aliphatic heterocycles. The van der Waals surface area contributed by atoms with Gasteiger partial charge >= 0.3 is 11.8 Å². The van der Waals surface area contributed by atoms with E-state index in [1.54, 1.807) is 24.4 Å². The molecule has 4 rings (SSSR count). The molecule has 2 aromatic carbocycles. The molecule has 0 radical (unpaired) electrons. The summed E-state index contributed by atoms with van der Waals surface area (Å²) in [7, 11) is 1.52. The fourth-order valence-electron chi connectivity index (χ4n) is 4.36. The highest BCUT2D eigenvalue weighted by molar-refractivity contribution is 6.39. The van der Waals surface area contributed by atoms with Crippen molar-refractivity contribution in [2.45, 2.75) is 39.2 Å². The van der Waals surface area contributed by atoms with Crippen LogP contribution in [0.15, 0.2) is 53.4 Å². The molecule has 2 N–H and O–H groups in total. The third-order valence-electron chi connectivity index (χ3n) is 5.85. The Hall–Kier alpha value is -3.81. The van der Waals surface area contributed by atoms with E-state index in [0.29, 0.717) is 29.3 Å². The lowest BCUT2D eigenvalue weighted by Crippen LogP contribution is -2.54. The van der Waals surface area contributed by atoms with E-state index in [0.717, 1.165) is 19.4 Å². The van der Waals surface area contributed by atoms with Gasteiger partial charge in [0, 0.05) is 30.5 Å². The zero-order valence-corrected chi connectivity index (χ0v) is 20.0. The maximum absolute atomic E-state index is 12.7. The third-order valence-corrected chi connectivity index (χ3v) is 5.85. The Morgan fingerprint density at radius 2 is 2.00 bits per heavy atom. The van der Waals surface area contributed by atoms with Crippen LogP contribution in [0.2, 0.25) is 0 Å².